The van der Waals surface area contributed by atoms with Crippen molar-refractivity contribution in [1.82, 2.24) is 5.06 Å². The standard InChI is InChI=1S/C12H24N2O3/c13-11-2-1-6-16-9-5-14(15)12(10-11)3-7-17-8-4-12/h11,15H,1-10,13H2. The molecule has 2 rings (SSSR count). The third-order valence-corrected chi connectivity index (χ3v) is 3.92. The molecule has 100 valence electrons. The summed E-state index contributed by atoms with van der Waals surface area (Å²) in [7, 11) is 0. The van der Waals surface area contributed by atoms with Crippen molar-refractivity contribution in [2.75, 3.05) is 33.0 Å². The number of ether oxygens (including phenoxy) is 2. The SMILES string of the molecule is NC1CCCOCCN(O)C2(CCOCC2)C1. The normalized spacial score (nSPS) is 32.5. The van der Waals surface area contributed by atoms with Gasteiger partial charge in [-0.2, -0.15) is 5.06 Å². The van der Waals surface area contributed by atoms with Gasteiger partial charge in [0, 0.05) is 32.4 Å². The van der Waals surface area contributed by atoms with Crippen molar-refractivity contribution >= 4 is 0 Å². The molecule has 0 aromatic carbocycles. The minimum absolute atomic E-state index is 0.143. The molecule has 0 aliphatic carbocycles. The van der Waals surface area contributed by atoms with E-state index in [1.54, 1.807) is 0 Å². The van der Waals surface area contributed by atoms with Crippen LogP contribution in [0.15, 0.2) is 0 Å². The highest BCUT2D eigenvalue weighted by Crippen LogP contribution is 2.32. The monoisotopic (exact) mass is 244 g/mol. The van der Waals surface area contributed by atoms with E-state index in [9.17, 15) is 5.21 Å². The highest BCUT2D eigenvalue weighted by atomic mass is 16.5. The summed E-state index contributed by atoms with van der Waals surface area (Å²) in [5.74, 6) is 0. The zero-order chi connectivity index (χ0) is 12.1. The Morgan fingerprint density at radius 2 is 1.82 bits per heavy atom. The van der Waals surface area contributed by atoms with Crippen LogP contribution >= 0.6 is 0 Å². The molecule has 2 saturated heterocycles. The Kier molecular flexibility index (Phi) is 4.76. The maximum absolute atomic E-state index is 10.3. The Labute approximate surface area is 103 Å². The first kappa shape index (κ1) is 13.2. The van der Waals surface area contributed by atoms with Gasteiger partial charge < -0.3 is 20.4 Å². The van der Waals surface area contributed by atoms with Crippen LogP contribution in [0, 0.1) is 0 Å². The van der Waals surface area contributed by atoms with Crippen LogP contribution in [-0.4, -0.2) is 54.8 Å². The van der Waals surface area contributed by atoms with E-state index in [-0.39, 0.29) is 11.6 Å². The molecule has 2 heterocycles. The van der Waals surface area contributed by atoms with E-state index in [0.717, 1.165) is 38.7 Å². The largest absolute Gasteiger partial charge is 0.381 e. The third kappa shape index (κ3) is 3.39. The average Bonchev–Trinajstić information content (AvgIpc) is 2.33. The van der Waals surface area contributed by atoms with Crippen LogP contribution in [0.2, 0.25) is 0 Å². The van der Waals surface area contributed by atoms with E-state index in [4.69, 9.17) is 15.2 Å². The number of nitrogens with zero attached hydrogens (tertiary/aromatic N) is 1. The molecule has 0 aromatic heterocycles. The Morgan fingerprint density at radius 1 is 1.12 bits per heavy atom. The highest BCUT2D eigenvalue weighted by molar-refractivity contribution is 4.92. The smallest absolute Gasteiger partial charge is 0.0616 e. The molecular formula is C12H24N2O3. The summed E-state index contributed by atoms with van der Waals surface area (Å²) >= 11 is 0. The van der Waals surface area contributed by atoms with E-state index in [2.05, 4.69) is 0 Å². The Hall–Kier alpha value is -0.200. The van der Waals surface area contributed by atoms with Gasteiger partial charge in [-0.05, 0) is 32.1 Å². The fraction of sp³-hybridized carbons (Fsp3) is 1.00. The second-order valence-corrected chi connectivity index (χ2v) is 5.18. The van der Waals surface area contributed by atoms with Gasteiger partial charge in [-0.3, -0.25) is 0 Å². The topological polar surface area (TPSA) is 68.0 Å². The molecule has 5 heteroatoms. The van der Waals surface area contributed by atoms with Crippen molar-refractivity contribution in [3.63, 3.8) is 0 Å². The molecule has 1 spiro atoms. The lowest BCUT2D eigenvalue weighted by Gasteiger charge is -2.44. The van der Waals surface area contributed by atoms with Crippen molar-refractivity contribution in [2.45, 2.75) is 43.7 Å². The third-order valence-electron chi connectivity index (χ3n) is 3.92. The second-order valence-electron chi connectivity index (χ2n) is 5.18. The van der Waals surface area contributed by atoms with Gasteiger partial charge in [-0.25, -0.2) is 0 Å². The molecule has 5 nitrogen and oxygen atoms in total. The lowest BCUT2D eigenvalue weighted by molar-refractivity contribution is -0.210. The molecule has 2 aliphatic rings. The summed E-state index contributed by atoms with van der Waals surface area (Å²) in [5.41, 5.74) is 5.96. The number of hydroxylamine groups is 2. The number of nitrogens with two attached hydrogens (primary N) is 1. The minimum atomic E-state index is -0.196. The molecule has 0 radical (unpaired) electrons. The van der Waals surface area contributed by atoms with Crippen molar-refractivity contribution < 1.29 is 14.7 Å². The molecule has 17 heavy (non-hydrogen) atoms. The van der Waals surface area contributed by atoms with Crippen LogP contribution in [0.4, 0.5) is 0 Å². The summed E-state index contributed by atoms with van der Waals surface area (Å²) in [6.45, 7) is 3.33. The molecule has 0 amide bonds. The van der Waals surface area contributed by atoms with Gasteiger partial charge in [0.25, 0.3) is 0 Å². The van der Waals surface area contributed by atoms with Gasteiger partial charge in [0.15, 0.2) is 0 Å². The Morgan fingerprint density at radius 3 is 2.59 bits per heavy atom. The quantitative estimate of drug-likeness (QED) is 0.658. The lowest BCUT2D eigenvalue weighted by Crippen LogP contribution is -2.54. The summed E-state index contributed by atoms with van der Waals surface area (Å²) in [5, 5.41) is 11.7. The van der Waals surface area contributed by atoms with Gasteiger partial charge in [0.2, 0.25) is 0 Å². The number of rotatable bonds is 0. The van der Waals surface area contributed by atoms with Crippen molar-refractivity contribution in [3.8, 4) is 0 Å². The van der Waals surface area contributed by atoms with E-state index in [1.807, 2.05) is 0 Å². The lowest BCUT2D eigenvalue weighted by atomic mass is 9.82. The van der Waals surface area contributed by atoms with Crippen LogP contribution in [-0.2, 0) is 9.47 Å². The van der Waals surface area contributed by atoms with Crippen LogP contribution in [0.5, 0.6) is 0 Å². The van der Waals surface area contributed by atoms with Crippen molar-refractivity contribution in [1.29, 1.82) is 0 Å². The molecule has 0 saturated carbocycles. The first-order chi connectivity index (χ1) is 8.23. The van der Waals surface area contributed by atoms with Crippen LogP contribution in [0.25, 0.3) is 0 Å². The molecule has 0 bridgehead atoms. The number of hydrogen-bond donors (Lipinski definition) is 2. The highest BCUT2D eigenvalue weighted by Gasteiger charge is 2.39. The van der Waals surface area contributed by atoms with Crippen LogP contribution < -0.4 is 5.73 Å². The van der Waals surface area contributed by atoms with Gasteiger partial charge in [0.05, 0.1) is 12.1 Å². The molecule has 1 atom stereocenters. The number of hydrogen-bond acceptors (Lipinski definition) is 5. The fourth-order valence-electron chi connectivity index (χ4n) is 2.85. The molecular weight excluding hydrogens is 220 g/mol. The van der Waals surface area contributed by atoms with Gasteiger partial charge >= 0.3 is 0 Å². The maximum atomic E-state index is 10.3. The van der Waals surface area contributed by atoms with Crippen LogP contribution in [0.3, 0.4) is 0 Å². The summed E-state index contributed by atoms with van der Waals surface area (Å²) in [4.78, 5) is 0. The van der Waals surface area contributed by atoms with E-state index in [1.165, 1.54) is 5.06 Å². The summed E-state index contributed by atoms with van der Waals surface area (Å²) in [6, 6.07) is 0.143. The predicted octanol–water partition coefficient (Wildman–Crippen LogP) is 0.755. The van der Waals surface area contributed by atoms with Crippen LogP contribution in [0.1, 0.15) is 32.1 Å². The predicted molar refractivity (Wildman–Crippen MR) is 63.9 cm³/mol. The maximum Gasteiger partial charge on any atom is 0.0616 e. The Balaban J connectivity index is 2.05. The molecule has 2 aliphatic heterocycles. The zero-order valence-corrected chi connectivity index (χ0v) is 10.4. The molecule has 3 N–H and O–H groups in total. The minimum Gasteiger partial charge on any atom is -0.381 e. The van der Waals surface area contributed by atoms with E-state index in [0.29, 0.717) is 26.4 Å². The van der Waals surface area contributed by atoms with Gasteiger partial charge in [-0.15, -0.1) is 0 Å². The molecule has 1 unspecified atom stereocenters. The first-order valence-electron chi connectivity index (χ1n) is 6.61. The molecule has 2 fully saturated rings. The van der Waals surface area contributed by atoms with E-state index >= 15 is 0 Å². The average molecular weight is 244 g/mol. The first-order valence-corrected chi connectivity index (χ1v) is 6.61. The summed E-state index contributed by atoms with van der Waals surface area (Å²) in [6.07, 6.45) is 4.55. The second kappa shape index (κ2) is 6.11. The molecule has 0 aromatic rings. The van der Waals surface area contributed by atoms with Gasteiger partial charge in [-0.1, -0.05) is 0 Å². The fourth-order valence-corrected chi connectivity index (χ4v) is 2.85. The van der Waals surface area contributed by atoms with Gasteiger partial charge in [0.1, 0.15) is 0 Å². The zero-order valence-electron chi connectivity index (χ0n) is 10.4. The Bertz CT molecular complexity index is 232. The van der Waals surface area contributed by atoms with Crippen molar-refractivity contribution in [2.24, 2.45) is 5.73 Å². The van der Waals surface area contributed by atoms with E-state index < -0.39 is 0 Å². The summed E-state index contributed by atoms with van der Waals surface area (Å²) < 4.78 is 10.9. The van der Waals surface area contributed by atoms with Crippen molar-refractivity contribution in [3.05, 3.63) is 0 Å².